The third kappa shape index (κ3) is 6.90. The van der Waals surface area contributed by atoms with Gasteiger partial charge in [-0.1, -0.05) is 83.9 Å². The minimum atomic E-state index is -0.295. The second kappa shape index (κ2) is 13.3. The van der Waals surface area contributed by atoms with E-state index in [4.69, 9.17) is 20.0 Å². The molecule has 0 amide bonds. The van der Waals surface area contributed by atoms with Gasteiger partial charge in [0.05, 0.1) is 34.4 Å². The van der Waals surface area contributed by atoms with Gasteiger partial charge in [-0.2, -0.15) is 10.5 Å². The van der Waals surface area contributed by atoms with Crippen LogP contribution in [0.25, 0.3) is 0 Å². The molecule has 0 heterocycles. The molecule has 0 radical (unpaired) electrons. The average molecular weight is 577 g/mol. The predicted molar refractivity (Wildman–Crippen MR) is 167 cm³/mol. The first-order valence-corrected chi connectivity index (χ1v) is 14.0. The largest absolute Gasteiger partial charge is 0.488 e. The van der Waals surface area contributed by atoms with Crippen molar-refractivity contribution in [3.05, 3.63) is 165 Å². The van der Waals surface area contributed by atoms with Crippen LogP contribution in [-0.4, -0.2) is 11.6 Å². The average Bonchev–Trinajstić information content (AvgIpc) is 3.06. The third-order valence-corrected chi connectivity index (χ3v) is 7.15. The van der Waals surface area contributed by atoms with E-state index in [2.05, 4.69) is 12.1 Å². The summed E-state index contributed by atoms with van der Waals surface area (Å²) in [6, 6.07) is 35.7. The zero-order valence-electron chi connectivity index (χ0n) is 24.3. The van der Waals surface area contributed by atoms with Gasteiger partial charge in [0.25, 0.3) is 0 Å². The molecule has 0 N–H and O–H groups in total. The Kier molecular flexibility index (Phi) is 8.94. The summed E-state index contributed by atoms with van der Waals surface area (Å²) in [5.41, 5.74) is 6.06. The number of hydrogen-bond acceptors (Lipinski definition) is 6. The minimum Gasteiger partial charge on any atom is -0.488 e. The van der Waals surface area contributed by atoms with E-state index in [1.165, 1.54) is 0 Å². The molecule has 44 heavy (non-hydrogen) atoms. The molecule has 6 heteroatoms. The second-order valence-corrected chi connectivity index (χ2v) is 10.4. The van der Waals surface area contributed by atoms with Crippen LogP contribution < -0.4 is 9.47 Å². The molecular formula is C38H28N2O4. The van der Waals surface area contributed by atoms with E-state index in [-0.39, 0.29) is 47.4 Å². The molecule has 214 valence electrons. The van der Waals surface area contributed by atoms with Crippen molar-refractivity contribution in [2.45, 2.75) is 27.1 Å². The van der Waals surface area contributed by atoms with Crippen LogP contribution in [0.2, 0.25) is 0 Å². The number of carbonyl (C=O) groups is 2. The lowest BCUT2D eigenvalue weighted by atomic mass is 9.95. The Morgan fingerprint density at radius 2 is 0.909 bits per heavy atom. The maximum Gasteiger partial charge on any atom is 0.196 e. The fraction of sp³-hybridized carbons (Fsp3) is 0.105. The molecule has 0 aromatic heterocycles. The van der Waals surface area contributed by atoms with Gasteiger partial charge in [0.2, 0.25) is 0 Å². The van der Waals surface area contributed by atoms with E-state index >= 15 is 0 Å². The molecule has 0 fully saturated rings. The number of aryl methyl sites for hydroxylation is 2. The molecule has 0 spiro atoms. The lowest BCUT2D eigenvalue weighted by Gasteiger charge is -2.17. The van der Waals surface area contributed by atoms with Crippen LogP contribution >= 0.6 is 0 Å². The second-order valence-electron chi connectivity index (χ2n) is 10.4. The highest BCUT2D eigenvalue weighted by molar-refractivity contribution is 6.15. The van der Waals surface area contributed by atoms with E-state index in [9.17, 15) is 9.59 Å². The lowest BCUT2D eigenvalue weighted by molar-refractivity contribution is 0.103. The van der Waals surface area contributed by atoms with Crippen molar-refractivity contribution in [2.75, 3.05) is 0 Å². The number of nitriles is 2. The number of hydrogen-bond donors (Lipinski definition) is 0. The lowest BCUT2D eigenvalue weighted by Crippen LogP contribution is -2.12. The van der Waals surface area contributed by atoms with Crippen molar-refractivity contribution in [2.24, 2.45) is 0 Å². The van der Waals surface area contributed by atoms with E-state index in [1.54, 1.807) is 84.9 Å². The summed E-state index contributed by atoms with van der Waals surface area (Å²) in [7, 11) is 0. The van der Waals surface area contributed by atoms with Gasteiger partial charge in [-0.25, -0.2) is 0 Å². The van der Waals surface area contributed by atoms with Crippen LogP contribution in [0.3, 0.4) is 0 Å². The SMILES string of the molecule is Cc1ccc(C(=O)c2cc(C(=O)c3ccc(C)cc3)c(OCc3ccc(C#N)cc3)cc2OCc2ccc(C#N)cc2)cc1. The molecular weight excluding hydrogens is 548 g/mol. The van der Waals surface area contributed by atoms with E-state index < -0.39 is 0 Å². The standard InChI is InChI=1S/C38H28N2O4/c1-25-3-15-31(16-4-25)37(41)33-19-34(38(42)32-17-5-26(2)6-18-32)36(44-24-30-13-9-28(22-40)10-14-30)20-35(33)43-23-29-11-7-27(21-39)8-12-29/h3-20H,23-24H2,1-2H3. The highest BCUT2D eigenvalue weighted by atomic mass is 16.5. The Labute approximate surface area is 256 Å². The molecule has 5 aromatic rings. The summed E-state index contributed by atoms with van der Waals surface area (Å²) in [5, 5.41) is 18.3. The first-order valence-electron chi connectivity index (χ1n) is 14.0. The molecule has 6 nitrogen and oxygen atoms in total. The number of ether oxygens (including phenoxy) is 2. The van der Waals surface area contributed by atoms with Gasteiger partial charge in [0, 0.05) is 17.2 Å². The first-order chi connectivity index (χ1) is 21.3. The Hall–Kier alpha value is -5.98. The van der Waals surface area contributed by atoms with Gasteiger partial charge in [-0.15, -0.1) is 0 Å². The Balaban J connectivity index is 1.59. The first kappa shape index (κ1) is 29.5. The van der Waals surface area contributed by atoms with Crippen LogP contribution in [0, 0.1) is 36.5 Å². The predicted octanol–water partition coefficient (Wildman–Crippen LogP) is 7.67. The Morgan fingerprint density at radius 3 is 1.25 bits per heavy atom. The van der Waals surface area contributed by atoms with Gasteiger partial charge in [0.15, 0.2) is 11.6 Å². The topological polar surface area (TPSA) is 100 Å². The fourth-order valence-electron chi connectivity index (χ4n) is 4.55. The van der Waals surface area contributed by atoms with E-state index in [0.717, 1.165) is 22.3 Å². The molecule has 0 bridgehead atoms. The summed E-state index contributed by atoms with van der Waals surface area (Å²) in [4.78, 5) is 27.8. The molecule has 0 aliphatic heterocycles. The van der Waals surface area contributed by atoms with Crippen molar-refractivity contribution < 1.29 is 19.1 Å². The highest BCUT2D eigenvalue weighted by Crippen LogP contribution is 2.34. The molecule has 0 aliphatic carbocycles. The molecule has 0 saturated carbocycles. The molecule has 0 aliphatic rings. The summed E-state index contributed by atoms with van der Waals surface area (Å²) in [6.07, 6.45) is 0. The van der Waals surface area contributed by atoms with Gasteiger partial charge in [0.1, 0.15) is 24.7 Å². The number of carbonyl (C=O) groups excluding carboxylic acids is 2. The quantitative estimate of drug-likeness (QED) is 0.158. The van der Waals surface area contributed by atoms with Gasteiger partial charge in [-0.3, -0.25) is 9.59 Å². The molecule has 0 unspecified atom stereocenters. The van der Waals surface area contributed by atoms with E-state index in [0.29, 0.717) is 22.3 Å². The summed E-state index contributed by atoms with van der Waals surface area (Å²) >= 11 is 0. The van der Waals surface area contributed by atoms with Gasteiger partial charge < -0.3 is 9.47 Å². The maximum absolute atomic E-state index is 13.9. The van der Waals surface area contributed by atoms with Crippen molar-refractivity contribution >= 4 is 11.6 Å². The van der Waals surface area contributed by atoms with Crippen molar-refractivity contribution in [1.29, 1.82) is 10.5 Å². The van der Waals surface area contributed by atoms with Gasteiger partial charge in [-0.05, 0) is 55.3 Å². The zero-order valence-corrected chi connectivity index (χ0v) is 24.3. The zero-order chi connectivity index (χ0) is 31.1. The monoisotopic (exact) mass is 576 g/mol. The molecule has 5 aromatic carbocycles. The van der Waals surface area contributed by atoms with E-state index in [1.807, 2.05) is 38.1 Å². The number of ketones is 2. The number of nitrogens with zero attached hydrogens (tertiary/aromatic N) is 2. The third-order valence-electron chi connectivity index (χ3n) is 7.15. The highest BCUT2D eigenvalue weighted by Gasteiger charge is 2.24. The Morgan fingerprint density at radius 1 is 0.545 bits per heavy atom. The molecule has 5 rings (SSSR count). The smallest absolute Gasteiger partial charge is 0.196 e. The van der Waals surface area contributed by atoms with Crippen LogP contribution in [0.4, 0.5) is 0 Å². The number of benzene rings is 5. The summed E-state index contributed by atoms with van der Waals surface area (Å²) in [6.45, 7) is 4.14. The Bertz CT molecular complexity index is 1760. The number of rotatable bonds is 10. The van der Waals surface area contributed by atoms with Crippen LogP contribution in [-0.2, 0) is 13.2 Å². The van der Waals surface area contributed by atoms with Crippen molar-refractivity contribution in [3.8, 4) is 23.6 Å². The molecule has 0 atom stereocenters. The minimum absolute atomic E-state index is 0.125. The van der Waals surface area contributed by atoms with Crippen LogP contribution in [0.15, 0.2) is 109 Å². The van der Waals surface area contributed by atoms with Crippen LogP contribution in [0.1, 0.15) is 65.2 Å². The fourth-order valence-corrected chi connectivity index (χ4v) is 4.55. The summed E-state index contributed by atoms with van der Waals surface area (Å²) in [5.74, 6) is -0.0710. The van der Waals surface area contributed by atoms with Crippen molar-refractivity contribution in [1.82, 2.24) is 0 Å². The van der Waals surface area contributed by atoms with Gasteiger partial charge >= 0.3 is 0 Å². The normalized spacial score (nSPS) is 10.4. The van der Waals surface area contributed by atoms with Crippen LogP contribution in [0.5, 0.6) is 11.5 Å². The maximum atomic E-state index is 13.9. The molecule has 0 saturated heterocycles. The van der Waals surface area contributed by atoms with Crippen molar-refractivity contribution in [3.63, 3.8) is 0 Å². The summed E-state index contributed by atoms with van der Waals surface area (Å²) < 4.78 is 12.4.